The Morgan fingerprint density at radius 2 is 1.89 bits per heavy atom. The molecule has 5 heteroatoms. The molecule has 1 aliphatic rings. The van der Waals surface area contributed by atoms with Crippen LogP contribution in [0, 0.1) is 5.82 Å². The van der Waals surface area contributed by atoms with Crippen molar-refractivity contribution in [3.05, 3.63) is 47.8 Å². The van der Waals surface area contributed by atoms with Crippen molar-refractivity contribution in [3.8, 4) is 0 Å². The molecule has 4 nitrogen and oxygen atoms in total. The lowest BCUT2D eigenvalue weighted by Gasteiger charge is -2.20. The second-order valence-corrected chi connectivity index (χ2v) is 4.50. The highest BCUT2D eigenvalue weighted by Gasteiger charge is 2.31. The SMILES string of the molecule is O=C(O)/C=C/C(=O)N(Cc1ccc(F)cc1)C1CC1. The van der Waals surface area contributed by atoms with Crippen LogP contribution in [-0.4, -0.2) is 27.9 Å². The number of nitrogens with zero attached hydrogens (tertiary/aromatic N) is 1. The lowest BCUT2D eigenvalue weighted by atomic mass is 10.2. The van der Waals surface area contributed by atoms with E-state index in [1.165, 1.54) is 12.1 Å². The van der Waals surface area contributed by atoms with Crippen molar-refractivity contribution >= 4 is 11.9 Å². The Morgan fingerprint density at radius 3 is 2.42 bits per heavy atom. The van der Waals surface area contributed by atoms with Crippen LogP contribution in [0.2, 0.25) is 0 Å². The molecule has 0 spiro atoms. The highest BCUT2D eigenvalue weighted by atomic mass is 19.1. The molecule has 2 rings (SSSR count). The molecule has 1 N–H and O–H groups in total. The molecule has 0 bridgehead atoms. The van der Waals surface area contributed by atoms with Crippen molar-refractivity contribution in [3.63, 3.8) is 0 Å². The van der Waals surface area contributed by atoms with Gasteiger partial charge < -0.3 is 10.0 Å². The van der Waals surface area contributed by atoms with Gasteiger partial charge in [0.15, 0.2) is 0 Å². The van der Waals surface area contributed by atoms with E-state index < -0.39 is 5.97 Å². The van der Waals surface area contributed by atoms with Gasteiger partial charge in [-0.05, 0) is 30.5 Å². The van der Waals surface area contributed by atoms with Crippen LogP contribution < -0.4 is 0 Å². The van der Waals surface area contributed by atoms with Gasteiger partial charge in [0, 0.05) is 24.7 Å². The molecule has 0 heterocycles. The van der Waals surface area contributed by atoms with Crippen LogP contribution in [0.3, 0.4) is 0 Å². The quantitative estimate of drug-likeness (QED) is 0.826. The van der Waals surface area contributed by atoms with E-state index in [1.54, 1.807) is 17.0 Å². The van der Waals surface area contributed by atoms with E-state index in [0.29, 0.717) is 6.54 Å². The fourth-order valence-corrected chi connectivity index (χ4v) is 1.80. The molecule has 1 aliphatic carbocycles. The molecule has 1 fully saturated rings. The second-order valence-electron chi connectivity index (χ2n) is 4.50. The number of halogens is 1. The number of rotatable bonds is 5. The molecular formula is C14H14FNO3. The van der Waals surface area contributed by atoms with Gasteiger partial charge in [0.25, 0.3) is 0 Å². The molecule has 1 aromatic carbocycles. The number of carboxylic acids is 1. The minimum absolute atomic E-state index is 0.163. The Morgan fingerprint density at radius 1 is 1.26 bits per heavy atom. The van der Waals surface area contributed by atoms with Gasteiger partial charge in [-0.25, -0.2) is 9.18 Å². The van der Waals surface area contributed by atoms with Crippen LogP contribution in [0.4, 0.5) is 4.39 Å². The average molecular weight is 263 g/mol. The van der Waals surface area contributed by atoms with Gasteiger partial charge in [0.2, 0.25) is 5.91 Å². The predicted molar refractivity (Wildman–Crippen MR) is 66.7 cm³/mol. The fraction of sp³-hybridized carbons (Fsp3) is 0.286. The number of hydrogen-bond donors (Lipinski definition) is 1. The standard InChI is InChI=1S/C14H14FNO3/c15-11-3-1-10(2-4-11)9-16(12-5-6-12)13(17)7-8-14(18)19/h1-4,7-8,12H,5-6,9H2,(H,18,19)/b8-7+. The molecular weight excluding hydrogens is 249 g/mol. The van der Waals surface area contributed by atoms with Crippen LogP contribution >= 0.6 is 0 Å². The number of amides is 1. The van der Waals surface area contributed by atoms with Gasteiger partial charge in [-0.3, -0.25) is 4.79 Å². The van der Waals surface area contributed by atoms with E-state index in [4.69, 9.17) is 5.11 Å². The molecule has 0 saturated heterocycles. The summed E-state index contributed by atoms with van der Waals surface area (Å²) in [4.78, 5) is 23.9. The van der Waals surface area contributed by atoms with Crippen LogP contribution in [0.5, 0.6) is 0 Å². The lowest BCUT2D eigenvalue weighted by molar-refractivity contribution is -0.132. The third-order valence-electron chi connectivity index (χ3n) is 2.91. The maximum atomic E-state index is 12.8. The van der Waals surface area contributed by atoms with Crippen molar-refractivity contribution in [2.45, 2.75) is 25.4 Å². The van der Waals surface area contributed by atoms with Crippen molar-refractivity contribution in [1.29, 1.82) is 0 Å². The van der Waals surface area contributed by atoms with Gasteiger partial charge in [-0.15, -0.1) is 0 Å². The first-order valence-electron chi connectivity index (χ1n) is 6.02. The fourth-order valence-electron chi connectivity index (χ4n) is 1.80. The van der Waals surface area contributed by atoms with Crippen LogP contribution in [0.25, 0.3) is 0 Å². The third kappa shape index (κ3) is 3.91. The summed E-state index contributed by atoms with van der Waals surface area (Å²) >= 11 is 0. The zero-order valence-corrected chi connectivity index (χ0v) is 10.3. The molecule has 0 radical (unpaired) electrons. The monoisotopic (exact) mass is 263 g/mol. The minimum Gasteiger partial charge on any atom is -0.478 e. The zero-order valence-electron chi connectivity index (χ0n) is 10.3. The Bertz CT molecular complexity index is 506. The number of carbonyl (C=O) groups is 2. The van der Waals surface area contributed by atoms with E-state index in [2.05, 4.69) is 0 Å². The molecule has 1 saturated carbocycles. The van der Waals surface area contributed by atoms with Gasteiger partial charge in [-0.1, -0.05) is 12.1 Å². The van der Waals surface area contributed by atoms with Gasteiger partial charge >= 0.3 is 5.97 Å². The highest BCUT2D eigenvalue weighted by molar-refractivity contribution is 5.94. The maximum absolute atomic E-state index is 12.8. The Labute approximate surface area is 110 Å². The molecule has 100 valence electrons. The summed E-state index contributed by atoms with van der Waals surface area (Å²) in [6, 6.07) is 6.10. The van der Waals surface area contributed by atoms with Gasteiger partial charge in [0.1, 0.15) is 5.82 Å². The zero-order chi connectivity index (χ0) is 13.8. The number of benzene rings is 1. The molecule has 1 aromatic rings. The first-order chi connectivity index (χ1) is 9.06. The first-order valence-corrected chi connectivity index (χ1v) is 6.02. The highest BCUT2D eigenvalue weighted by Crippen LogP contribution is 2.28. The molecule has 0 unspecified atom stereocenters. The number of hydrogen-bond acceptors (Lipinski definition) is 2. The summed E-state index contributed by atoms with van der Waals surface area (Å²) in [7, 11) is 0. The predicted octanol–water partition coefficient (Wildman–Crippen LogP) is 1.96. The Kier molecular flexibility index (Phi) is 3.94. The number of carbonyl (C=O) groups excluding carboxylic acids is 1. The summed E-state index contributed by atoms with van der Waals surface area (Å²) < 4.78 is 12.8. The lowest BCUT2D eigenvalue weighted by Crippen LogP contribution is -2.31. The first kappa shape index (κ1) is 13.3. The van der Waals surface area contributed by atoms with E-state index in [-0.39, 0.29) is 17.8 Å². The average Bonchev–Trinajstić information content (AvgIpc) is 3.19. The molecule has 1 amide bonds. The van der Waals surface area contributed by atoms with Crippen molar-refractivity contribution in [1.82, 2.24) is 4.90 Å². The van der Waals surface area contributed by atoms with Crippen LogP contribution in [0.1, 0.15) is 18.4 Å². The van der Waals surface area contributed by atoms with Crippen molar-refractivity contribution in [2.75, 3.05) is 0 Å². The topological polar surface area (TPSA) is 57.6 Å². The van der Waals surface area contributed by atoms with E-state index in [1.807, 2.05) is 0 Å². The minimum atomic E-state index is -1.15. The number of aliphatic carboxylic acids is 1. The molecule has 0 aromatic heterocycles. The van der Waals surface area contributed by atoms with Crippen molar-refractivity contribution < 1.29 is 19.1 Å². The third-order valence-corrected chi connectivity index (χ3v) is 2.91. The Balaban J connectivity index is 2.06. The summed E-state index contributed by atoms with van der Waals surface area (Å²) in [5, 5.41) is 8.52. The maximum Gasteiger partial charge on any atom is 0.328 e. The van der Waals surface area contributed by atoms with E-state index in [9.17, 15) is 14.0 Å². The normalized spacial score (nSPS) is 14.6. The van der Waals surface area contributed by atoms with E-state index in [0.717, 1.165) is 30.6 Å². The molecule has 0 aliphatic heterocycles. The molecule has 19 heavy (non-hydrogen) atoms. The molecule has 0 atom stereocenters. The van der Waals surface area contributed by atoms with Crippen molar-refractivity contribution in [2.24, 2.45) is 0 Å². The largest absolute Gasteiger partial charge is 0.478 e. The second kappa shape index (κ2) is 5.65. The smallest absolute Gasteiger partial charge is 0.328 e. The summed E-state index contributed by atoms with van der Waals surface area (Å²) in [6.45, 7) is 0.369. The summed E-state index contributed by atoms with van der Waals surface area (Å²) in [5.74, 6) is -1.79. The number of carboxylic acid groups (broad SMARTS) is 1. The van der Waals surface area contributed by atoms with Crippen LogP contribution in [0.15, 0.2) is 36.4 Å². The van der Waals surface area contributed by atoms with Crippen LogP contribution in [-0.2, 0) is 16.1 Å². The summed E-state index contributed by atoms with van der Waals surface area (Å²) in [6.07, 6.45) is 3.74. The summed E-state index contributed by atoms with van der Waals surface area (Å²) in [5.41, 5.74) is 0.824. The van der Waals surface area contributed by atoms with E-state index >= 15 is 0 Å². The van der Waals surface area contributed by atoms with Gasteiger partial charge in [-0.2, -0.15) is 0 Å². The Hall–Kier alpha value is -2.17. The van der Waals surface area contributed by atoms with Gasteiger partial charge in [0.05, 0.1) is 0 Å².